The third kappa shape index (κ3) is 3.49. The van der Waals surface area contributed by atoms with Gasteiger partial charge in [0, 0.05) is 5.56 Å². The first-order valence-electron chi connectivity index (χ1n) is 10.1. The van der Waals surface area contributed by atoms with Crippen molar-refractivity contribution in [2.24, 2.45) is 4.99 Å². The van der Waals surface area contributed by atoms with Crippen molar-refractivity contribution >= 4 is 34.3 Å². The lowest BCUT2D eigenvalue weighted by atomic mass is 10.0. The van der Waals surface area contributed by atoms with E-state index in [1.165, 1.54) is 0 Å². The van der Waals surface area contributed by atoms with Crippen molar-refractivity contribution in [3.05, 3.63) is 114 Å². The summed E-state index contributed by atoms with van der Waals surface area (Å²) in [6.07, 6.45) is 1.87. The first-order chi connectivity index (χ1) is 15.2. The minimum atomic E-state index is -0.148. The fraction of sp³-hybridized carbons (Fsp3) is 0.0370. The molecule has 0 aromatic heterocycles. The lowest BCUT2D eigenvalue weighted by Gasteiger charge is -2.18. The SMILES string of the molecule is COc1ccc(C2=N/C(=C/c3cccc4ccccc34)C(=O)N2c2ccccc2)cc1. The average molecular weight is 404 g/mol. The smallest absolute Gasteiger partial charge is 0.282 e. The molecular weight excluding hydrogens is 384 g/mol. The highest BCUT2D eigenvalue weighted by Gasteiger charge is 2.32. The molecule has 5 rings (SSSR count). The summed E-state index contributed by atoms with van der Waals surface area (Å²) < 4.78 is 5.27. The van der Waals surface area contributed by atoms with E-state index in [2.05, 4.69) is 18.2 Å². The molecule has 0 bridgehead atoms. The molecule has 0 unspecified atom stereocenters. The third-order valence-corrected chi connectivity index (χ3v) is 5.34. The monoisotopic (exact) mass is 404 g/mol. The van der Waals surface area contributed by atoms with Crippen molar-refractivity contribution < 1.29 is 9.53 Å². The lowest BCUT2D eigenvalue weighted by Crippen LogP contribution is -2.32. The van der Waals surface area contributed by atoms with Gasteiger partial charge in [-0.15, -0.1) is 0 Å². The second-order valence-electron chi connectivity index (χ2n) is 7.24. The highest BCUT2D eigenvalue weighted by molar-refractivity contribution is 6.33. The summed E-state index contributed by atoms with van der Waals surface area (Å²) in [6.45, 7) is 0. The number of aliphatic imine (C=N–C) groups is 1. The molecule has 0 atom stereocenters. The molecule has 0 N–H and O–H groups in total. The predicted molar refractivity (Wildman–Crippen MR) is 125 cm³/mol. The highest BCUT2D eigenvalue weighted by Crippen LogP contribution is 2.29. The van der Waals surface area contributed by atoms with Crippen LogP contribution < -0.4 is 9.64 Å². The Hall–Kier alpha value is -4.18. The van der Waals surface area contributed by atoms with Crippen LogP contribution in [0.15, 0.2) is 108 Å². The Morgan fingerprint density at radius 2 is 1.52 bits per heavy atom. The number of amides is 1. The van der Waals surface area contributed by atoms with Gasteiger partial charge in [0.1, 0.15) is 17.3 Å². The van der Waals surface area contributed by atoms with Gasteiger partial charge in [-0.25, -0.2) is 4.99 Å². The van der Waals surface area contributed by atoms with Crippen molar-refractivity contribution in [3.8, 4) is 5.75 Å². The molecule has 150 valence electrons. The second-order valence-corrected chi connectivity index (χ2v) is 7.24. The van der Waals surface area contributed by atoms with Gasteiger partial charge >= 0.3 is 0 Å². The number of para-hydroxylation sites is 1. The van der Waals surface area contributed by atoms with Gasteiger partial charge in [0.05, 0.1) is 12.8 Å². The van der Waals surface area contributed by atoms with Gasteiger partial charge in [-0.3, -0.25) is 9.69 Å². The molecule has 0 saturated heterocycles. The van der Waals surface area contributed by atoms with Crippen molar-refractivity contribution in [3.63, 3.8) is 0 Å². The number of carbonyl (C=O) groups is 1. The molecule has 31 heavy (non-hydrogen) atoms. The summed E-state index contributed by atoms with van der Waals surface area (Å²) in [5, 5.41) is 2.21. The molecule has 4 nitrogen and oxygen atoms in total. The number of anilines is 1. The number of benzene rings is 4. The molecule has 0 spiro atoms. The van der Waals surface area contributed by atoms with Crippen LogP contribution in [-0.4, -0.2) is 18.9 Å². The summed E-state index contributed by atoms with van der Waals surface area (Å²) in [5.41, 5.74) is 3.00. The number of hydrogen-bond donors (Lipinski definition) is 0. The first kappa shape index (κ1) is 18.8. The maximum Gasteiger partial charge on any atom is 0.282 e. The number of rotatable bonds is 4. The number of fused-ring (bicyclic) bond motifs is 1. The molecular formula is C27H20N2O2. The van der Waals surface area contributed by atoms with E-state index < -0.39 is 0 Å². The van der Waals surface area contributed by atoms with Crippen LogP contribution in [0, 0.1) is 0 Å². The quantitative estimate of drug-likeness (QED) is 0.411. The minimum absolute atomic E-state index is 0.148. The molecule has 1 aliphatic heterocycles. The minimum Gasteiger partial charge on any atom is -0.497 e. The maximum atomic E-state index is 13.5. The molecule has 0 saturated carbocycles. The predicted octanol–water partition coefficient (Wildman–Crippen LogP) is 5.68. The standard InChI is InChI=1S/C27H20N2O2/c1-31-23-16-14-20(15-17-23)26-28-25(27(30)29(26)22-11-3-2-4-12-22)18-21-10-7-9-19-8-5-6-13-24(19)21/h2-18H,1H3/b25-18+. The third-order valence-electron chi connectivity index (χ3n) is 5.34. The number of carbonyl (C=O) groups excluding carboxylic acids is 1. The van der Waals surface area contributed by atoms with Gasteiger partial charge in [-0.2, -0.15) is 0 Å². The second kappa shape index (κ2) is 7.92. The zero-order valence-corrected chi connectivity index (χ0v) is 17.0. The first-order valence-corrected chi connectivity index (χ1v) is 10.1. The number of methoxy groups -OCH3 is 1. The van der Waals surface area contributed by atoms with E-state index in [1.807, 2.05) is 84.9 Å². The normalized spacial score (nSPS) is 14.9. The molecule has 1 aliphatic rings. The van der Waals surface area contributed by atoms with E-state index in [4.69, 9.17) is 9.73 Å². The summed E-state index contributed by atoms with van der Waals surface area (Å²) in [7, 11) is 1.63. The van der Waals surface area contributed by atoms with Crippen LogP contribution in [0.5, 0.6) is 5.75 Å². The Balaban J connectivity index is 1.65. The lowest BCUT2D eigenvalue weighted by molar-refractivity contribution is -0.113. The van der Waals surface area contributed by atoms with Crippen LogP contribution in [0.4, 0.5) is 5.69 Å². The fourth-order valence-electron chi connectivity index (χ4n) is 3.79. The Bertz CT molecular complexity index is 1320. The number of ether oxygens (including phenoxy) is 1. The van der Waals surface area contributed by atoms with Crippen LogP contribution in [-0.2, 0) is 4.79 Å². The molecule has 0 fully saturated rings. The van der Waals surface area contributed by atoms with Gasteiger partial charge in [-0.05, 0) is 58.8 Å². The maximum absolute atomic E-state index is 13.5. The molecule has 4 heteroatoms. The van der Waals surface area contributed by atoms with E-state index in [0.29, 0.717) is 11.5 Å². The van der Waals surface area contributed by atoms with Crippen LogP contribution >= 0.6 is 0 Å². The summed E-state index contributed by atoms with van der Waals surface area (Å²) in [4.78, 5) is 19.9. The van der Waals surface area contributed by atoms with E-state index >= 15 is 0 Å². The zero-order valence-electron chi connectivity index (χ0n) is 17.0. The zero-order chi connectivity index (χ0) is 21.2. The van der Waals surface area contributed by atoms with Gasteiger partial charge in [-0.1, -0.05) is 60.7 Å². The summed E-state index contributed by atoms with van der Waals surface area (Å²) in [5.74, 6) is 1.21. The fourth-order valence-corrected chi connectivity index (χ4v) is 3.79. The Morgan fingerprint density at radius 3 is 2.29 bits per heavy atom. The molecule has 1 amide bonds. The van der Waals surface area contributed by atoms with E-state index in [9.17, 15) is 4.79 Å². The van der Waals surface area contributed by atoms with E-state index in [0.717, 1.165) is 33.3 Å². The highest BCUT2D eigenvalue weighted by atomic mass is 16.5. The Labute approximate surface area is 180 Å². The van der Waals surface area contributed by atoms with Crippen LogP contribution in [0.2, 0.25) is 0 Å². The molecule has 0 aliphatic carbocycles. The Kier molecular flexibility index (Phi) is 4.81. The van der Waals surface area contributed by atoms with Crippen LogP contribution in [0.25, 0.3) is 16.8 Å². The molecule has 4 aromatic carbocycles. The molecule has 4 aromatic rings. The number of amidine groups is 1. The van der Waals surface area contributed by atoms with Crippen molar-refractivity contribution in [1.29, 1.82) is 0 Å². The van der Waals surface area contributed by atoms with Crippen molar-refractivity contribution in [1.82, 2.24) is 0 Å². The van der Waals surface area contributed by atoms with Gasteiger partial charge in [0.15, 0.2) is 0 Å². The largest absolute Gasteiger partial charge is 0.497 e. The number of hydrogen-bond acceptors (Lipinski definition) is 3. The average Bonchev–Trinajstić information content (AvgIpc) is 3.16. The summed E-state index contributed by atoms with van der Waals surface area (Å²) in [6, 6.07) is 31.4. The number of nitrogens with zero attached hydrogens (tertiary/aromatic N) is 2. The van der Waals surface area contributed by atoms with Gasteiger partial charge in [0.25, 0.3) is 5.91 Å². The molecule has 0 radical (unpaired) electrons. The van der Waals surface area contributed by atoms with Crippen LogP contribution in [0.1, 0.15) is 11.1 Å². The molecule has 1 heterocycles. The topological polar surface area (TPSA) is 41.9 Å². The van der Waals surface area contributed by atoms with E-state index in [1.54, 1.807) is 12.0 Å². The van der Waals surface area contributed by atoms with Gasteiger partial charge in [0.2, 0.25) is 0 Å². The van der Waals surface area contributed by atoms with Crippen molar-refractivity contribution in [2.75, 3.05) is 12.0 Å². The summed E-state index contributed by atoms with van der Waals surface area (Å²) >= 11 is 0. The Morgan fingerprint density at radius 1 is 0.806 bits per heavy atom. The van der Waals surface area contributed by atoms with Crippen LogP contribution in [0.3, 0.4) is 0 Å². The van der Waals surface area contributed by atoms with Crippen molar-refractivity contribution in [2.45, 2.75) is 0 Å². The van der Waals surface area contributed by atoms with E-state index in [-0.39, 0.29) is 5.91 Å². The van der Waals surface area contributed by atoms with Gasteiger partial charge < -0.3 is 4.74 Å².